The summed E-state index contributed by atoms with van der Waals surface area (Å²) in [7, 11) is -3.59. The molecule has 1 heterocycles. The first-order chi connectivity index (χ1) is 10.2. The van der Waals surface area contributed by atoms with Crippen molar-refractivity contribution in [3.63, 3.8) is 0 Å². The van der Waals surface area contributed by atoms with E-state index in [1.54, 1.807) is 26.0 Å². The van der Waals surface area contributed by atoms with Crippen LogP contribution in [0, 0.1) is 19.8 Å². The van der Waals surface area contributed by atoms with Crippen LogP contribution in [0.5, 0.6) is 5.75 Å². The number of ether oxygens (including phenoxy) is 1. The van der Waals surface area contributed by atoms with Gasteiger partial charge in [0.1, 0.15) is 5.75 Å². The molecular weight excluding hydrogens is 306 g/mol. The van der Waals surface area contributed by atoms with Crippen LogP contribution in [-0.4, -0.2) is 43.0 Å². The number of sulfonamides is 1. The van der Waals surface area contributed by atoms with Crippen molar-refractivity contribution >= 4 is 16.0 Å². The van der Waals surface area contributed by atoms with E-state index in [0.717, 1.165) is 0 Å². The van der Waals surface area contributed by atoms with E-state index in [0.29, 0.717) is 29.3 Å². The van der Waals surface area contributed by atoms with E-state index >= 15 is 0 Å². The molecule has 0 bridgehead atoms. The fourth-order valence-electron chi connectivity index (χ4n) is 2.64. The molecule has 6 nitrogen and oxygen atoms in total. The number of hydrogen-bond acceptors (Lipinski definition) is 4. The van der Waals surface area contributed by atoms with Crippen molar-refractivity contribution < 1.29 is 23.1 Å². The highest BCUT2D eigenvalue weighted by molar-refractivity contribution is 7.89. The van der Waals surface area contributed by atoms with Crippen LogP contribution in [0.3, 0.4) is 0 Å². The monoisotopic (exact) mass is 327 g/mol. The summed E-state index contributed by atoms with van der Waals surface area (Å²) in [5.74, 6) is -0.440. The molecule has 1 fully saturated rings. The molecule has 0 aliphatic carbocycles. The minimum atomic E-state index is -3.59. The Morgan fingerprint density at radius 3 is 2.50 bits per heavy atom. The number of aliphatic carboxylic acids is 1. The average Bonchev–Trinajstić information content (AvgIpc) is 2.43. The van der Waals surface area contributed by atoms with E-state index in [1.165, 1.54) is 4.31 Å². The Bertz CT molecular complexity index is 698. The molecule has 122 valence electrons. The first kappa shape index (κ1) is 16.8. The molecule has 0 amide bonds. The molecule has 2 unspecified atom stereocenters. The number of carboxylic acid groups (broad SMARTS) is 1. The van der Waals surface area contributed by atoms with Gasteiger partial charge in [-0.05, 0) is 38.3 Å². The summed E-state index contributed by atoms with van der Waals surface area (Å²) in [6, 6.07) is 3.17. The van der Waals surface area contributed by atoms with Gasteiger partial charge in [0.05, 0.1) is 4.90 Å². The van der Waals surface area contributed by atoms with Gasteiger partial charge in [0.15, 0.2) is 6.61 Å². The number of benzene rings is 1. The standard InChI is InChI=1S/C15H21NO5S/c1-9-5-6-13(11(3)15(9)21-8-14(17)18)22(19,20)16-7-10(2)12(16)4/h5-6,10,12H,7-8H2,1-4H3,(H,17,18). The lowest BCUT2D eigenvalue weighted by molar-refractivity contribution is -0.139. The predicted molar refractivity (Wildman–Crippen MR) is 81.6 cm³/mol. The van der Waals surface area contributed by atoms with Crippen LogP contribution in [0.25, 0.3) is 0 Å². The number of carbonyl (C=O) groups is 1. The summed E-state index contributed by atoms with van der Waals surface area (Å²) in [4.78, 5) is 10.8. The molecule has 7 heteroatoms. The van der Waals surface area contributed by atoms with Gasteiger partial charge in [-0.15, -0.1) is 0 Å². The molecule has 0 aromatic heterocycles. The molecule has 1 N–H and O–H groups in total. The smallest absolute Gasteiger partial charge is 0.341 e. The fourth-order valence-corrected chi connectivity index (χ4v) is 4.69. The Balaban J connectivity index is 2.40. The maximum Gasteiger partial charge on any atom is 0.341 e. The molecule has 1 aliphatic rings. The lowest BCUT2D eigenvalue weighted by Crippen LogP contribution is -2.55. The first-order valence-electron chi connectivity index (χ1n) is 7.13. The third-order valence-electron chi connectivity index (χ3n) is 4.23. The highest BCUT2D eigenvalue weighted by Gasteiger charge is 2.41. The van der Waals surface area contributed by atoms with Gasteiger partial charge in [-0.25, -0.2) is 13.2 Å². The number of rotatable bonds is 5. The quantitative estimate of drug-likeness (QED) is 0.891. The SMILES string of the molecule is Cc1ccc(S(=O)(=O)N2CC(C)C2C)c(C)c1OCC(=O)O. The molecule has 0 saturated carbocycles. The molecule has 2 rings (SSSR count). The Kier molecular flexibility index (Phi) is 4.49. The second kappa shape index (κ2) is 5.89. The zero-order valence-electron chi connectivity index (χ0n) is 13.2. The van der Waals surface area contributed by atoms with Crippen molar-refractivity contribution in [3.05, 3.63) is 23.3 Å². The van der Waals surface area contributed by atoms with Crippen molar-refractivity contribution in [2.45, 2.75) is 38.6 Å². The first-order valence-corrected chi connectivity index (χ1v) is 8.57. The number of carboxylic acids is 1. The van der Waals surface area contributed by atoms with Crippen LogP contribution in [0.15, 0.2) is 17.0 Å². The van der Waals surface area contributed by atoms with E-state index in [2.05, 4.69) is 0 Å². The minimum Gasteiger partial charge on any atom is -0.481 e. The summed E-state index contributed by atoms with van der Waals surface area (Å²) < 4.78 is 32.2. The maximum absolute atomic E-state index is 12.7. The summed E-state index contributed by atoms with van der Waals surface area (Å²) in [6.07, 6.45) is 0. The summed E-state index contributed by atoms with van der Waals surface area (Å²) in [5, 5.41) is 8.73. The molecule has 0 spiro atoms. The van der Waals surface area contributed by atoms with Crippen LogP contribution < -0.4 is 4.74 Å². The predicted octanol–water partition coefficient (Wildman–Crippen LogP) is 1.80. The maximum atomic E-state index is 12.7. The van der Waals surface area contributed by atoms with E-state index in [4.69, 9.17) is 9.84 Å². The van der Waals surface area contributed by atoms with Crippen LogP contribution in [-0.2, 0) is 14.8 Å². The molecule has 1 aliphatic heterocycles. The minimum absolute atomic E-state index is 0.0332. The van der Waals surface area contributed by atoms with E-state index < -0.39 is 22.6 Å². The Labute approximate surface area is 130 Å². The second-order valence-electron chi connectivity index (χ2n) is 5.81. The average molecular weight is 327 g/mol. The van der Waals surface area contributed by atoms with Gasteiger partial charge in [-0.2, -0.15) is 4.31 Å². The van der Waals surface area contributed by atoms with Gasteiger partial charge in [-0.3, -0.25) is 0 Å². The van der Waals surface area contributed by atoms with Crippen molar-refractivity contribution in [1.29, 1.82) is 0 Å². The third kappa shape index (κ3) is 2.83. The van der Waals surface area contributed by atoms with Crippen LogP contribution >= 0.6 is 0 Å². The summed E-state index contributed by atoms with van der Waals surface area (Å²) in [6.45, 7) is 7.31. The molecule has 1 aromatic rings. The van der Waals surface area contributed by atoms with Gasteiger partial charge in [-0.1, -0.05) is 13.0 Å². The lowest BCUT2D eigenvalue weighted by Gasteiger charge is -2.43. The molecule has 1 aromatic carbocycles. The molecular formula is C15H21NO5S. The number of aryl methyl sites for hydroxylation is 1. The normalized spacial score (nSPS) is 22.2. The second-order valence-corrected chi connectivity index (χ2v) is 7.67. The summed E-state index contributed by atoms with van der Waals surface area (Å²) in [5.41, 5.74) is 1.16. The Morgan fingerprint density at radius 1 is 1.36 bits per heavy atom. The molecule has 22 heavy (non-hydrogen) atoms. The zero-order valence-corrected chi connectivity index (χ0v) is 14.0. The van der Waals surface area contributed by atoms with Gasteiger partial charge in [0.25, 0.3) is 0 Å². The van der Waals surface area contributed by atoms with E-state index in [9.17, 15) is 13.2 Å². The highest BCUT2D eigenvalue weighted by Crippen LogP contribution is 2.35. The fraction of sp³-hybridized carbons (Fsp3) is 0.533. The van der Waals surface area contributed by atoms with Crippen molar-refractivity contribution in [2.75, 3.05) is 13.2 Å². The highest BCUT2D eigenvalue weighted by atomic mass is 32.2. The van der Waals surface area contributed by atoms with Crippen LogP contribution in [0.2, 0.25) is 0 Å². The zero-order chi connectivity index (χ0) is 16.7. The van der Waals surface area contributed by atoms with Gasteiger partial charge >= 0.3 is 5.97 Å². The largest absolute Gasteiger partial charge is 0.481 e. The van der Waals surface area contributed by atoms with E-state index in [1.807, 2.05) is 13.8 Å². The van der Waals surface area contributed by atoms with Crippen LogP contribution in [0.4, 0.5) is 0 Å². The van der Waals surface area contributed by atoms with E-state index in [-0.39, 0.29) is 10.9 Å². The van der Waals surface area contributed by atoms with Crippen molar-refractivity contribution in [3.8, 4) is 5.75 Å². The third-order valence-corrected chi connectivity index (χ3v) is 6.32. The number of hydrogen-bond donors (Lipinski definition) is 1. The molecule has 0 radical (unpaired) electrons. The van der Waals surface area contributed by atoms with Gasteiger partial charge in [0, 0.05) is 18.2 Å². The van der Waals surface area contributed by atoms with Gasteiger partial charge < -0.3 is 9.84 Å². The lowest BCUT2D eigenvalue weighted by atomic mass is 9.96. The number of nitrogens with zero attached hydrogens (tertiary/aromatic N) is 1. The van der Waals surface area contributed by atoms with Crippen molar-refractivity contribution in [1.82, 2.24) is 4.31 Å². The summed E-state index contributed by atoms with van der Waals surface area (Å²) >= 11 is 0. The topological polar surface area (TPSA) is 83.9 Å². The Morgan fingerprint density at radius 2 is 2.00 bits per heavy atom. The Hall–Kier alpha value is -1.60. The van der Waals surface area contributed by atoms with Gasteiger partial charge in [0.2, 0.25) is 10.0 Å². The van der Waals surface area contributed by atoms with Crippen LogP contribution in [0.1, 0.15) is 25.0 Å². The molecule has 1 saturated heterocycles. The molecule has 2 atom stereocenters. The van der Waals surface area contributed by atoms with Crippen molar-refractivity contribution in [2.24, 2.45) is 5.92 Å².